The quantitative estimate of drug-likeness (QED) is 0.796. The fraction of sp³-hybridized carbons (Fsp3) is 0.565. The zero-order chi connectivity index (χ0) is 20.4. The molecule has 29 heavy (non-hydrogen) atoms. The van der Waals surface area contributed by atoms with Crippen LogP contribution >= 0.6 is 11.3 Å². The number of thiazole rings is 1. The van der Waals surface area contributed by atoms with Crippen LogP contribution < -0.4 is 5.32 Å². The lowest BCUT2D eigenvalue weighted by atomic mass is 10.1. The van der Waals surface area contributed by atoms with E-state index in [-0.39, 0.29) is 18.0 Å². The second kappa shape index (κ2) is 8.94. The largest absolute Gasteiger partial charge is 0.378 e. The number of hydrogen-bond acceptors (Lipinski definition) is 5. The van der Waals surface area contributed by atoms with Gasteiger partial charge in [0.1, 0.15) is 11.0 Å². The summed E-state index contributed by atoms with van der Waals surface area (Å²) in [4.78, 5) is 21.4. The highest BCUT2D eigenvalue weighted by Crippen LogP contribution is 2.32. The third kappa shape index (κ3) is 4.55. The van der Waals surface area contributed by atoms with E-state index in [9.17, 15) is 4.79 Å². The molecule has 2 atom stereocenters. The van der Waals surface area contributed by atoms with E-state index in [1.54, 1.807) is 11.3 Å². The van der Waals surface area contributed by atoms with Gasteiger partial charge in [0.05, 0.1) is 29.8 Å². The van der Waals surface area contributed by atoms with E-state index < -0.39 is 0 Å². The van der Waals surface area contributed by atoms with Crippen LogP contribution in [0.4, 0.5) is 0 Å². The molecule has 2 fully saturated rings. The van der Waals surface area contributed by atoms with Gasteiger partial charge in [0.2, 0.25) is 5.91 Å². The number of rotatable bonds is 5. The fourth-order valence-electron chi connectivity index (χ4n) is 4.52. The number of aromatic nitrogens is 1. The number of amides is 1. The topological polar surface area (TPSA) is 54.5 Å². The highest BCUT2D eigenvalue weighted by Gasteiger charge is 2.36. The average molecular weight is 414 g/mol. The van der Waals surface area contributed by atoms with E-state index in [0.717, 1.165) is 34.3 Å². The lowest BCUT2D eigenvalue weighted by molar-refractivity contribution is -0.135. The number of benzene rings is 1. The van der Waals surface area contributed by atoms with Crippen molar-refractivity contribution in [1.29, 1.82) is 0 Å². The van der Waals surface area contributed by atoms with E-state index in [4.69, 9.17) is 9.72 Å². The maximum Gasteiger partial charge on any atom is 0.240 e. The summed E-state index contributed by atoms with van der Waals surface area (Å²) in [6, 6.07) is 8.72. The van der Waals surface area contributed by atoms with Crippen LogP contribution in [0.1, 0.15) is 54.8 Å². The summed E-state index contributed by atoms with van der Waals surface area (Å²) in [6.07, 6.45) is 4.95. The van der Waals surface area contributed by atoms with Crippen molar-refractivity contribution in [2.75, 3.05) is 19.8 Å². The Morgan fingerprint density at radius 2 is 1.97 bits per heavy atom. The molecule has 2 aromatic rings. The second-order valence-electron chi connectivity index (χ2n) is 8.33. The molecule has 1 amide bonds. The smallest absolute Gasteiger partial charge is 0.240 e. The van der Waals surface area contributed by atoms with Crippen molar-refractivity contribution in [3.8, 4) is 10.6 Å². The molecule has 1 saturated heterocycles. The molecule has 1 aliphatic carbocycles. The number of nitrogens with one attached hydrogen (secondary N) is 1. The van der Waals surface area contributed by atoms with Gasteiger partial charge in [-0.15, -0.1) is 11.3 Å². The summed E-state index contributed by atoms with van der Waals surface area (Å²) in [7, 11) is 0. The highest BCUT2D eigenvalue weighted by molar-refractivity contribution is 7.15. The number of ether oxygens (including phenoxy) is 1. The van der Waals surface area contributed by atoms with Gasteiger partial charge in [-0.05, 0) is 33.6 Å². The molecule has 1 aromatic carbocycles. The first kappa shape index (κ1) is 20.5. The van der Waals surface area contributed by atoms with Gasteiger partial charge in [0, 0.05) is 18.2 Å². The van der Waals surface area contributed by atoms with Crippen LogP contribution in [0.3, 0.4) is 0 Å². The molecule has 0 radical (unpaired) electrons. The standard InChI is InChI=1S/C23H31N3O2S/c1-15-8-10-18(11-9-15)23-25-17(3)21(29-23)16(2)24-22(27)20-14-28-13-12-26(20)19-6-4-5-7-19/h8-11,16,19-20H,4-7,12-14H2,1-3H3,(H,24,27)/t16-,20+/m0/s1. The Morgan fingerprint density at radius 3 is 2.69 bits per heavy atom. The Balaban J connectivity index is 1.46. The number of nitrogens with zero attached hydrogens (tertiary/aromatic N) is 2. The first-order valence-electron chi connectivity index (χ1n) is 10.7. The maximum atomic E-state index is 13.1. The van der Waals surface area contributed by atoms with E-state index in [1.807, 2.05) is 6.92 Å². The second-order valence-corrected chi connectivity index (χ2v) is 9.36. The van der Waals surface area contributed by atoms with Crippen LogP contribution in [0.2, 0.25) is 0 Å². The molecule has 6 heteroatoms. The van der Waals surface area contributed by atoms with Crippen molar-refractivity contribution in [3.05, 3.63) is 40.4 Å². The Kier molecular flexibility index (Phi) is 6.32. The van der Waals surface area contributed by atoms with Gasteiger partial charge in [-0.2, -0.15) is 0 Å². The molecule has 0 spiro atoms. The lowest BCUT2D eigenvalue weighted by Crippen LogP contribution is -2.56. The van der Waals surface area contributed by atoms with Gasteiger partial charge < -0.3 is 10.1 Å². The van der Waals surface area contributed by atoms with Crippen LogP contribution in [-0.4, -0.2) is 47.6 Å². The summed E-state index contributed by atoms with van der Waals surface area (Å²) in [5.74, 6) is 0.0776. The Labute approximate surface area is 177 Å². The SMILES string of the molecule is Cc1ccc(-c2nc(C)c([C@H](C)NC(=O)[C@H]3COCCN3C3CCCC3)s2)cc1. The third-order valence-electron chi connectivity index (χ3n) is 6.15. The van der Waals surface area contributed by atoms with Gasteiger partial charge in [0.15, 0.2) is 0 Å². The van der Waals surface area contributed by atoms with Gasteiger partial charge in [-0.1, -0.05) is 42.7 Å². The van der Waals surface area contributed by atoms with Crippen molar-refractivity contribution in [2.45, 2.75) is 64.6 Å². The first-order valence-corrected chi connectivity index (χ1v) is 11.5. The predicted octanol–water partition coefficient (Wildman–Crippen LogP) is 4.25. The highest BCUT2D eigenvalue weighted by atomic mass is 32.1. The molecule has 1 aliphatic heterocycles. The van der Waals surface area contributed by atoms with E-state index >= 15 is 0 Å². The molecule has 2 heterocycles. The summed E-state index contributed by atoms with van der Waals surface area (Å²) >= 11 is 1.67. The predicted molar refractivity (Wildman–Crippen MR) is 117 cm³/mol. The minimum atomic E-state index is -0.181. The van der Waals surface area contributed by atoms with Crippen molar-refractivity contribution in [3.63, 3.8) is 0 Å². The van der Waals surface area contributed by atoms with E-state index in [1.165, 1.54) is 31.2 Å². The van der Waals surface area contributed by atoms with Gasteiger partial charge in [-0.3, -0.25) is 9.69 Å². The first-order chi connectivity index (χ1) is 14.0. The van der Waals surface area contributed by atoms with Crippen LogP contribution in [0.5, 0.6) is 0 Å². The molecular formula is C23H31N3O2S. The Hall–Kier alpha value is -1.76. The zero-order valence-corrected chi connectivity index (χ0v) is 18.4. The zero-order valence-electron chi connectivity index (χ0n) is 17.6. The van der Waals surface area contributed by atoms with Gasteiger partial charge in [-0.25, -0.2) is 4.98 Å². The summed E-state index contributed by atoms with van der Waals surface area (Å²) in [5.41, 5.74) is 3.36. The fourth-order valence-corrected chi connectivity index (χ4v) is 5.59. The minimum Gasteiger partial charge on any atom is -0.378 e. The molecule has 0 unspecified atom stereocenters. The number of hydrogen-bond donors (Lipinski definition) is 1. The molecular weight excluding hydrogens is 382 g/mol. The number of carbonyl (C=O) groups is 1. The molecule has 2 aliphatic rings. The third-order valence-corrected chi connectivity index (χ3v) is 7.54. The van der Waals surface area contributed by atoms with Crippen LogP contribution in [-0.2, 0) is 9.53 Å². The molecule has 1 N–H and O–H groups in total. The molecule has 1 aromatic heterocycles. The summed E-state index contributed by atoms with van der Waals surface area (Å²) < 4.78 is 5.66. The van der Waals surface area contributed by atoms with Crippen LogP contribution in [0.25, 0.3) is 10.6 Å². The minimum absolute atomic E-state index is 0.0634. The molecule has 5 nitrogen and oxygen atoms in total. The normalized spacial score (nSPS) is 22.0. The van der Waals surface area contributed by atoms with Crippen molar-refractivity contribution in [1.82, 2.24) is 15.2 Å². The molecule has 0 bridgehead atoms. The van der Waals surface area contributed by atoms with Gasteiger partial charge in [0.25, 0.3) is 0 Å². The summed E-state index contributed by atoms with van der Waals surface area (Å²) in [6.45, 7) is 8.24. The summed E-state index contributed by atoms with van der Waals surface area (Å²) in [5, 5.41) is 4.25. The van der Waals surface area contributed by atoms with Gasteiger partial charge >= 0.3 is 0 Å². The Bertz CT molecular complexity index is 842. The lowest BCUT2D eigenvalue weighted by Gasteiger charge is -2.39. The average Bonchev–Trinajstić information content (AvgIpc) is 3.38. The maximum absolute atomic E-state index is 13.1. The van der Waals surface area contributed by atoms with E-state index in [0.29, 0.717) is 12.6 Å². The van der Waals surface area contributed by atoms with Crippen LogP contribution in [0.15, 0.2) is 24.3 Å². The monoisotopic (exact) mass is 413 g/mol. The number of aryl methyl sites for hydroxylation is 2. The molecule has 1 saturated carbocycles. The van der Waals surface area contributed by atoms with Crippen LogP contribution in [0, 0.1) is 13.8 Å². The van der Waals surface area contributed by atoms with E-state index in [2.05, 4.69) is 48.3 Å². The Morgan fingerprint density at radius 1 is 1.24 bits per heavy atom. The van der Waals surface area contributed by atoms with Crippen molar-refractivity contribution >= 4 is 17.2 Å². The number of morpholine rings is 1. The van der Waals surface area contributed by atoms with Crippen molar-refractivity contribution in [2.24, 2.45) is 0 Å². The van der Waals surface area contributed by atoms with Crippen molar-refractivity contribution < 1.29 is 9.53 Å². The molecule has 156 valence electrons. The number of carbonyl (C=O) groups excluding carboxylic acids is 1. The molecule has 4 rings (SSSR count).